The highest BCUT2D eigenvalue weighted by Gasteiger charge is 2.04. The third-order valence-corrected chi connectivity index (χ3v) is 2.21. The number of carbonyl (C=O) groups excluding carboxylic acids is 2. The molecular weight excluding hydrogens is 232 g/mol. The molecule has 0 aliphatic heterocycles. The van der Waals surface area contributed by atoms with Crippen molar-refractivity contribution in [1.29, 1.82) is 0 Å². The Morgan fingerprint density at radius 3 is 2.56 bits per heavy atom. The van der Waals surface area contributed by atoms with Crippen LogP contribution in [0.15, 0.2) is 30.3 Å². The highest BCUT2D eigenvalue weighted by molar-refractivity contribution is 5.76. The van der Waals surface area contributed by atoms with Crippen LogP contribution >= 0.6 is 0 Å². The van der Waals surface area contributed by atoms with Crippen molar-refractivity contribution >= 4 is 12.0 Å². The van der Waals surface area contributed by atoms with Gasteiger partial charge in [0.15, 0.2) is 0 Å². The summed E-state index contributed by atoms with van der Waals surface area (Å²) >= 11 is 0. The van der Waals surface area contributed by atoms with E-state index in [1.54, 1.807) is 0 Å². The Labute approximate surface area is 107 Å². The summed E-state index contributed by atoms with van der Waals surface area (Å²) in [6, 6.07) is 9.41. The molecule has 0 atom stereocenters. The van der Waals surface area contributed by atoms with Crippen molar-refractivity contribution < 1.29 is 14.3 Å². The summed E-state index contributed by atoms with van der Waals surface area (Å²) in [6.07, 6.45) is -0.253. The molecule has 2 amide bonds. The van der Waals surface area contributed by atoms with Gasteiger partial charge >= 0.3 is 6.09 Å². The van der Waals surface area contributed by atoms with E-state index in [9.17, 15) is 9.59 Å². The quantitative estimate of drug-likeness (QED) is 0.802. The Morgan fingerprint density at radius 1 is 1.17 bits per heavy atom. The number of amides is 2. The zero-order chi connectivity index (χ0) is 13.2. The lowest BCUT2D eigenvalue weighted by Crippen LogP contribution is -2.30. The summed E-state index contributed by atoms with van der Waals surface area (Å²) in [4.78, 5) is 22.4. The maximum Gasteiger partial charge on any atom is 0.407 e. The molecule has 18 heavy (non-hydrogen) atoms. The number of alkyl carbamates (subject to hydrolysis) is 1. The van der Waals surface area contributed by atoms with E-state index in [0.29, 0.717) is 6.54 Å². The lowest BCUT2D eigenvalue weighted by molar-refractivity contribution is -0.120. The first-order chi connectivity index (χ1) is 8.72. The smallest absolute Gasteiger partial charge is 0.407 e. The van der Waals surface area contributed by atoms with Gasteiger partial charge in [0.05, 0.1) is 0 Å². The molecule has 1 aromatic rings. The molecule has 1 rings (SSSR count). The summed E-state index contributed by atoms with van der Waals surface area (Å²) in [6.45, 7) is 2.95. The van der Waals surface area contributed by atoms with Crippen LogP contribution in [0, 0.1) is 0 Å². The summed E-state index contributed by atoms with van der Waals surface area (Å²) < 4.78 is 4.99. The van der Waals surface area contributed by atoms with Gasteiger partial charge in [0.1, 0.15) is 6.61 Å². The van der Waals surface area contributed by atoms with Crippen LogP contribution < -0.4 is 10.6 Å². The fourth-order valence-corrected chi connectivity index (χ4v) is 1.34. The third-order valence-electron chi connectivity index (χ3n) is 2.21. The average molecular weight is 250 g/mol. The van der Waals surface area contributed by atoms with Gasteiger partial charge in [-0.2, -0.15) is 0 Å². The number of rotatable bonds is 6. The molecule has 0 saturated carbocycles. The second kappa shape index (κ2) is 8.11. The van der Waals surface area contributed by atoms with Crippen molar-refractivity contribution in [2.24, 2.45) is 0 Å². The first-order valence-electron chi connectivity index (χ1n) is 5.93. The molecule has 98 valence electrons. The van der Waals surface area contributed by atoms with Crippen molar-refractivity contribution in [3.05, 3.63) is 35.9 Å². The molecule has 0 bridgehead atoms. The standard InChI is InChI=1S/C13H18N2O3/c1-2-14-12(16)8-9-15-13(17)18-10-11-6-4-3-5-7-11/h3-7H,2,8-10H2,1H3,(H,14,16)(H,15,17). The van der Waals surface area contributed by atoms with E-state index in [-0.39, 0.29) is 25.5 Å². The highest BCUT2D eigenvalue weighted by atomic mass is 16.5. The summed E-state index contributed by atoms with van der Waals surface area (Å²) in [5.74, 6) is -0.0825. The van der Waals surface area contributed by atoms with Gasteiger partial charge in [-0.25, -0.2) is 4.79 Å². The maximum atomic E-state index is 11.3. The average Bonchev–Trinajstić information content (AvgIpc) is 2.38. The molecule has 5 nitrogen and oxygen atoms in total. The van der Waals surface area contributed by atoms with E-state index in [1.807, 2.05) is 37.3 Å². The van der Waals surface area contributed by atoms with Gasteiger partial charge in [0, 0.05) is 19.5 Å². The molecule has 5 heteroatoms. The van der Waals surface area contributed by atoms with Crippen molar-refractivity contribution in [3.63, 3.8) is 0 Å². The van der Waals surface area contributed by atoms with Crippen molar-refractivity contribution in [2.45, 2.75) is 20.0 Å². The maximum absolute atomic E-state index is 11.3. The van der Waals surface area contributed by atoms with Gasteiger partial charge < -0.3 is 15.4 Å². The van der Waals surface area contributed by atoms with Crippen LogP contribution in [-0.2, 0) is 16.1 Å². The Bertz CT molecular complexity index is 379. The second-order valence-corrected chi connectivity index (χ2v) is 3.69. The Kier molecular flexibility index (Phi) is 6.32. The molecule has 0 aliphatic rings. The molecule has 0 heterocycles. The fourth-order valence-electron chi connectivity index (χ4n) is 1.34. The number of hydrogen-bond donors (Lipinski definition) is 2. The number of ether oxygens (including phenoxy) is 1. The molecule has 0 spiro atoms. The minimum absolute atomic E-state index is 0.0825. The largest absolute Gasteiger partial charge is 0.445 e. The minimum Gasteiger partial charge on any atom is -0.445 e. The number of hydrogen-bond acceptors (Lipinski definition) is 3. The van der Waals surface area contributed by atoms with Gasteiger partial charge in [-0.1, -0.05) is 30.3 Å². The number of carbonyl (C=O) groups is 2. The Morgan fingerprint density at radius 2 is 1.89 bits per heavy atom. The third kappa shape index (κ3) is 5.89. The van der Waals surface area contributed by atoms with E-state index < -0.39 is 6.09 Å². The van der Waals surface area contributed by atoms with E-state index in [4.69, 9.17) is 4.74 Å². The normalized spacial score (nSPS) is 9.61. The van der Waals surface area contributed by atoms with Gasteiger partial charge in [0.2, 0.25) is 5.91 Å². The predicted molar refractivity (Wildman–Crippen MR) is 67.9 cm³/mol. The molecule has 0 aromatic heterocycles. The van der Waals surface area contributed by atoms with E-state index in [1.165, 1.54) is 0 Å². The van der Waals surface area contributed by atoms with E-state index >= 15 is 0 Å². The SMILES string of the molecule is CCNC(=O)CCNC(=O)OCc1ccccc1. The molecular formula is C13H18N2O3. The van der Waals surface area contributed by atoms with Crippen LogP contribution in [0.1, 0.15) is 18.9 Å². The van der Waals surface area contributed by atoms with Gasteiger partial charge in [0.25, 0.3) is 0 Å². The highest BCUT2D eigenvalue weighted by Crippen LogP contribution is 2.00. The van der Waals surface area contributed by atoms with Gasteiger partial charge in [-0.15, -0.1) is 0 Å². The first-order valence-corrected chi connectivity index (χ1v) is 5.93. The molecule has 2 N–H and O–H groups in total. The fraction of sp³-hybridized carbons (Fsp3) is 0.385. The van der Waals surface area contributed by atoms with Crippen LogP contribution in [0.5, 0.6) is 0 Å². The second-order valence-electron chi connectivity index (χ2n) is 3.69. The molecule has 0 unspecified atom stereocenters. The molecule has 1 aromatic carbocycles. The minimum atomic E-state index is -0.511. The Hall–Kier alpha value is -2.04. The van der Waals surface area contributed by atoms with E-state index in [0.717, 1.165) is 5.56 Å². The van der Waals surface area contributed by atoms with Crippen LogP contribution in [0.2, 0.25) is 0 Å². The summed E-state index contributed by atoms with van der Waals surface area (Å²) in [5.41, 5.74) is 0.927. The lowest BCUT2D eigenvalue weighted by atomic mass is 10.2. The van der Waals surface area contributed by atoms with Crippen molar-refractivity contribution in [2.75, 3.05) is 13.1 Å². The topological polar surface area (TPSA) is 67.4 Å². The zero-order valence-corrected chi connectivity index (χ0v) is 10.4. The van der Waals surface area contributed by atoms with Crippen molar-refractivity contribution in [3.8, 4) is 0 Å². The summed E-state index contributed by atoms with van der Waals surface area (Å²) in [7, 11) is 0. The lowest BCUT2D eigenvalue weighted by Gasteiger charge is -2.07. The van der Waals surface area contributed by atoms with Crippen LogP contribution in [0.3, 0.4) is 0 Å². The summed E-state index contributed by atoms with van der Waals surface area (Å²) in [5, 5.41) is 5.17. The van der Waals surface area contributed by atoms with Crippen LogP contribution in [0.4, 0.5) is 4.79 Å². The molecule has 0 aliphatic carbocycles. The van der Waals surface area contributed by atoms with E-state index in [2.05, 4.69) is 10.6 Å². The van der Waals surface area contributed by atoms with Crippen molar-refractivity contribution in [1.82, 2.24) is 10.6 Å². The van der Waals surface area contributed by atoms with Gasteiger partial charge in [-0.3, -0.25) is 4.79 Å². The number of benzene rings is 1. The van der Waals surface area contributed by atoms with Gasteiger partial charge in [-0.05, 0) is 12.5 Å². The predicted octanol–water partition coefficient (Wildman–Crippen LogP) is 1.44. The molecule has 0 radical (unpaired) electrons. The first kappa shape index (κ1) is 14.0. The monoisotopic (exact) mass is 250 g/mol. The molecule has 0 saturated heterocycles. The van der Waals surface area contributed by atoms with Crippen LogP contribution in [0.25, 0.3) is 0 Å². The van der Waals surface area contributed by atoms with Crippen LogP contribution in [-0.4, -0.2) is 25.1 Å². The zero-order valence-electron chi connectivity index (χ0n) is 10.4. The Balaban J connectivity index is 2.13. The number of nitrogens with one attached hydrogen (secondary N) is 2. The molecule has 0 fully saturated rings.